The third-order valence-electron chi connectivity index (χ3n) is 6.10. The summed E-state index contributed by atoms with van der Waals surface area (Å²) in [5, 5.41) is 7.51. The molecule has 1 saturated heterocycles. The number of piperidine rings is 1. The lowest BCUT2D eigenvalue weighted by molar-refractivity contribution is 0.0203. The molecule has 0 radical (unpaired) electrons. The highest BCUT2D eigenvalue weighted by Crippen LogP contribution is 2.34. The van der Waals surface area contributed by atoms with Crippen molar-refractivity contribution in [2.45, 2.75) is 52.1 Å². The second kappa shape index (κ2) is 10.5. The average Bonchev–Trinajstić information content (AvgIpc) is 3.25. The van der Waals surface area contributed by atoms with Gasteiger partial charge in [0.15, 0.2) is 5.82 Å². The van der Waals surface area contributed by atoms with Crippen molar-refractivity contribution in [1.82, 2.24) is 14.7 Å². The number of anilines is 1. The molecule has 0 aliphatic carbocycles. The van der Waals surface area contributed by atoms with Crippen LogP contribution >= 0.6 is 11.6 Å². The van der Waals surface area contributed by atoms with Gasteiger partial charge in [0.05, 0.1) is 28.2 Å². The number of halogens is 3. The number of rotatable bonds is 4. The number of likely N-dealkylation sites (tertiary alicyclic amines) is 1. The van der Waals surface area contributed by atoms with Crippen molar-refractivity contribution in [3.05, 3.63) is 76.1 Å². The lowest BCUT2D eigenvalue weighted by atomic mass is 9.90. The third-order valence-corrected chi connectivity index (χ3v) is 6.41. The SMILES string of the molecule is Cc1ccc(NC(=O)c2cnn(-c3ccc(F)cc3F)c2C2CCN(C(=O)OC(C)(C)C)CC2)c(Cl)c1. The minimum absolute atomic E-state index is 0.0263. The van der Waals surface area contributed by atoms with E-state index in [1.54, 1.807) is 37.8 Å². The lowest BCUT2D eigenvalue weighted by Gasteiger charge is -2.34. The van der Waals surface area contributed by atoms with Crippen molar-refractivity contribution in [3.63, 3.8) is 0 Å². The van der Waals surface area contributed by atoms with Crippen molar-refractivity contribution in [2.75, 3.05) is 18.4 Å². The standard InChI is InChI=1S/C27H29ClF2N4O3/c1-16-5-7-22(20(28)13-16)32-25(35)19-15-31-34(23-8-6-18(29)14-21(23)30)24(19)17-9-11-33(12-10-17)26(36)37-27(2,3)4/h5-8,13-15,17H,9-12H2,1-4H3,(H,32,35). The van der Waals surface area contributed by atoms with Crippen molar-refractivity contribution >= 4 is 29.3 Å². The van der Waals surface area contributed by atoms with Gasteiger partial charge in [-0.2, -0.15) is 5.10 Å². The number of carbonyl (C=O) groups excluding carboxylic acids is 2. The topological polar surface area (TPSA) is 76.5 Å². The summed E-state index contributed by atoms with van der Waals surface area (Å²) in [6.07, 6.45) is 1.96. The molecule has 1 aliphatic heterocycles. The molecule has 4 rings (SSSR count). The zero-order valence-electron chi connectivity index (χ0n) is 21.1. The van der Waals surface area contributed by atoms with Crippen molar-refractivity contribution in [3.8, 4) is 5.69 Å². The van der Waals surface area contributed by atoms with E-state index in [0.29, 0.717) is 42.3 Å². The van der Waals surface area contributed by atoms with Crippen LogP contribution in [0.2, 0.25) is 5.02 Å². The quantitative estimate of drug-likeness (QED) is 0.419. The van der Waals surface area contributed by atoms with Gasteiger partial charge in [0, 0.05) is 25.1 Å². The Balaban J connectivity index is 1.66. The van der Waals surface area contributed by atoms with Crippen LogP contribution in [0.5, 0.6) is 0 Å². The van der Waals surface area contributed by atoms with E-state index in [4.69, 9.17) is 16.3 Å². The highest BCUT2D eigenvalue weighted by molar-refractivity contribution is 6.34. The molecule has 0 bridgehead atoms. The van der Waals surface area contributed by atoms with Crippen molar-refractivity contribution in [1.29, 1.82) is 0 Å². The minimum atomic E-state index is -0.802. The van der Waals surface area contributed by atoms with E-state index in [1.807, 2.05) is 13.0 Å². The Morgan fingerprint density at radius 1 is 1.11 bits per heavy atom. The van der Waals surface area contributed by atoms with Crippen LogP contribution in [0.25, 0.3) is 5.69 Å². The van der Waals surface area contributed by atoms with E-state index < -0.39 is 29.2 Å². The molecule has 0 saturated carbocycles. The number of amides is 2. The van der Waals surface area contributed by atoms with Gasteiger partial charge in [-0.05, 0) is 70.4 Å². The molecule has 37 heavy (non-hydrogen) atoms. The van der Waals surface area contributed by atoms with Gasteiger partial charge in [0.2, 0.25) is 0 Å². The average molecular weight is 531 g/mol. The van der Waals surface area contributed by atoms with Gasteiger partial charge in [-0.25, -0.2) is 18.3 Å². The van der Waals surface area contributed by atoms with Gasteiger partial charge in [-0.1, -0.05) is 17.7 Å². The van der Waals surface area contributed by atoms with Crippen LogP contribution < -0.4 is 5.32 Å². The molecule has 7 nitrogen and oxygen atoms in total. The van der Waals surface area contributed by atoms with E-state index in [9.17, 15) is 18.4 Å². The highest BCUT2D eigenvalue weighted by Gasteiger charge is 2.32. The van der Waals surface area contributed by atoms with Crippen LogP contribution in [0.1, 0.15) is 61.1 Å². The molecule has 1 aromatic heterocycles. The molecule has 1 fully saturated rings. The summed E-state index contributed by atoms with van der Waals surface area (Å²) in [7, 11) is 0. The molecule has 2 heterocycles. The molecular weight excluding hydrogens is 502 g/mol. The maximum Gasteiger partial charge on any atom is 0.410 e. The Morgan fingerprint density at radius 3 is 2.43 bits per heavy atom. The van der Waals surface area contributed by atoms with Crippen LogP contribution in [0.15, 0.2) is 42.6 Å². The van der Waals surface area contributed by atoms with Gasteiger partial charge in [-0.15, -0.1) is 0 Å². The Morgan fingerprint density at radius 2 is 1.81 bits per heavy atom. The van der Waals surface area contributed by atoms with Crippen LogP contribution in [0.4, 0.5) is 19.3 Å². The van der Waals surface area contributed by atoms with Gasteiger partial charge in [-0.3, -0.25) is 4.79 Å². The Bertz CT molecular complexity index is 1330. The highest BCUT2D eigenvalue weighted by atomic mass is 35.5. The molecule has 10 heteroatoms. The molecular formula is C27H29ClF2N4O3. The Labute approximate surface area is 219 Å². The molecule has 1 aliphatic rings. The second-order valence-corrected chi connectivity index (χ2v) is 10.5. The number of ether oxygens (including phenoxy) is 1. The first-order chi connectivity index (χ1) is 17.4. The number of hydrogen-bond donors (Lipinski definition) is 1. The molecule has 3 aromatic rings. The number of nitrogens with zero attached hydrogens (tertiary/aromatic N) is 3. The number of aryl methyl sites for hydroxylation is 1. The second-order valence-electron chi connectivity index (χ2n) is 10.1. The number of benzene rings is 2. The molecule has 0 atom stereocenters. The summed E-state index contributed by atoms with van der Waals surface area (Å²) in [6, 6.07) is 8.47. The third kappa shape index (κ3) is 6.10. The van der Waals surface area contributed by atoms with Gasteiger partial charge >= 0.3 is 6.09 Å². The van der Waals surface area contributed by atoms with E-state index in [0.717, 1.165) is 17.7 Å². The van der Waals surface area contributed by atoms with Crippen LogP contribution in [0, 0.1) is 18.6 Å². The fraction of sp³-hybridized carbons (Fsp3) is 0.370. The zero-order chi connectivity index (χ0) is 26.9. The summed E-state index contributed by atoms with van der Waals surface area (Å²) >= 11 is 6.31. The van der Waals surface area contributed by atoms with E-state index >= 15 is 0 Å². The predicted molar refractivity (Wildman–Crippen MR) is 137 cm³/mol. The first-order valence-electron chi connectivity index (χ1n) is 12.0. The number of nitrogens with one attached hydrogen (secondary N) is 1. The van der Waals surface area contributed by atoms with Crippen LogP contribution in [-0.4, -0.2) is 45.4 Å². The molecule has 2 aromatic carbocycles. The lowest BCUT2D eigenvalue weighted by Crippen LogP contribution is -2.41. The summed E-state index contributed by atoms with van der Waals surface area (Å²) in [5.41, 5.74) is 1.52. The number of hydrogen-bond acceptors (Lipinski definition) is 4. The van der Waals surface area contributed by atoms with Crippen LogP contribution in [-0.2, 0) is 4.74 Å². The summed E-state index contributed by atoms with van der Waals surface area (Å²) < 4.78 is 35.2. The summed E-state index contributed by atoms with van der Waals surface area (Å²) in [5.74, 6) is -2.19. The maximum atomic E-state index is 14.8. The maximum absolute atomic E-state index is 14.8. The van der Waals surface area contributed by atoms with Crippen molar-refractivity contribution < 1.29 is 23.1 Å². The zero-order valence-corrected chi connectivity index (χ0v) is 21.9. The fourth-order valence-corrected chi connectivity index (χ4v) is 4.63. The predicted octanol–water partition coefficient (Wildman–Crippen LogP) is 6.48. The molecule has 0 unspecified atom stereocenters. The van der Waals surface area contributed by atoms with E-state index in [1.165, 1.54) is 16.9 Å². The monoisotopic (exact) mass is 530 g/mol. The molecule has 2 amide bonds. The van der Waals surface area contributed by atoms with Crippen molar-refractivity contribution in [2.24, 2.45) is 0 Å². The Kier molecular flexibility index (Phi) is 7.54. The minimum Gasteiger partial charge on any atom is -0.444 e. The first kappa shape index (κ1) is 26.6. The Hall–Kier alpha value is -3.46. The fourth-order valence-electron chi connectivity index (χ4n) is 4.34. The van der Waals surface area contributed by atoms with Crippen LogP contribution in [0.3, 0.4) is 0 Å². The number of carbonyl (C=O) groups is 2. The van der Waals surface area contributed by atoms with Gasteiger partial charge in [0.25, 0.3) is 5.91 Å². The molecule has 196 valence electrons. The van der Waals surface area contributed by atoms with Gasteiger partial charge < -0.3 is 15.0 Å². The van der Waals surface area contributed by atoms with E-state index in [2.05, 4.69) is 10.4 Å². The molecule has 1 N–H and O–H groups in total. The van der Waals surface area contributed by atoms with E-state index in [-0.39, 0.29) is 17.2 Å². The first-order valence-corrected chi connectivity index (χ1v) is 12.4. The smallest absolute Gasteiger partial charge is 0.410 e. The van der Waals surface area contributed by atoms with Gasteiger partial charge in [0.1, 0.15) is 17.1 Å². The summed E-state index contributed by atoms with van der Waals surface area (Å²) in [6.45, 7) is 8.08. The molecule has 0 spiro atoms. The number of aromatic nitrogens is 2. The normalized spacial score (nSPS) is 14.5. The summed E-state index contributed by atoms with van der Waals surface area (Å²) in [4.78, 5) is 27.5. The largest absolute Gasteiger partial charge is 0.444 e.